The van der Waals surface area contributed by atoms with Gasteiger partial charge in [0.15, 0.2) is 0 Å². The number of nitrogens with one attached hydrogen (secondary N) is 1. The van der Waals surface area contributed by atoms with Crippen molar-refractivity contribution in [3.8, 4) is 5.75 Å². The van der Waals surface area contributed by atoms with Gasteiger partial charge < -0.3 is 15.2 Å². The molecule has 1 aromatic carbocycles. The molecule has 2 atom stereocenters. The highest BCUT2D eigenvalue weighted by Crippen LogP contribution is 2.10. The fraction of sp³-hybridized carbons (Fsp3) is 0.500. The molecule has 0 aliphatic heterocycles. The smallest absolute Gasteiger partial charge is 0.115 e. The number of methoxy groups -OCH3 is 1. The molecule has 1 rings (SSSR count). The van der Waals surface area contributed by atoms with Crippen molar-refractivity contribution in [1.82, 2.24) is 5.32 Å². The van der Waals surface area contributed by atoms with E-state index in [1.54, 1.807) is 19.2 Å². The second-order valence-electron chi connectivity index (χ2n) is 3.78. The molecule has 0 heterocycles. The summed E-state index contributed by atoms with van der Waals surface area (Å²) in [5, 5.41) is 12.6. The monoisotopic (exact) mass is 209 g/mol. The fourth-order valence-corrected chi connectivity index (χ4v) is 1.32. The largest absolute Gasteiger partial charge is 0.508 e. The van der Waals surface area contributed by atoms with Gasteiger partial charge in [-0.15, -0.1) is 0 Å². The van der Waals surface area contributed by atoms with Gasteiger partial charge in [-0.1, -0.05) is 12.1 Å². The Morgan fingerprint density at radius 1 is 1.40 bits per heavy atom. The molecule has 0 spiro atoms. The van der Waals surface area contributed by atoms with Crippen molar-refractivity contribution >= 4 is 0 Å². The Kier molecular flexibility index (Phi) is 4.59. The molecule has 2 N–H and O–H groups in total. The predicted molar refractivity (Wildman–Crippen MR) is 60.9 cm³/mol. The van der Waals surface area contributed by atoms with Crippen molar-refractivity contribution in [2.24, 2.45) is 0 Å². The van der Waals surface area contributed by atoms with Crippen LogP contribution in [-0.2, 0) is 11.3 Å². The van der Waals surface area contributed by atoms with Crippen LogP contribution in [0.5, 0.6) is 5.75 Å². The molecule has 0 fully saturated rings. The van der Waals surface area contributed by atoms with Crippen LogP contribution in [-0.4, -0.2) is 24.4 Å². The van der Waals surface area contributed by atoms with Crippen molar-refractivity contribution in [3.05, 3.63) is 29.8 Å². The van der Waals surface area contributed by atoms with E-state index in [9.17, 15) is 5.11 Å². The highest BCUT2D eigenvalue weighted by Gasteiger charge is 2.09. The second-order valence-corrected chi connectivity index (χ2v) is 3.78. The van der Waals surface area contributed by atoms with Crippen LogP contribution in [0.2, 0.25) is 0 Å². The van der Waals surface area contributed by atoms with E-state index in [4.69, 9.17) is 4.74 Å². The Morgan fingerprint density at radius 3 is 2.73 bits per heavy atom. The third-order valence-electron chi connectivity index (χ3n) is 2.61. The molecule has 0 aromatic heterocycles. The highest BCUT2D eigenvalue weighted by atomic mass is 16.5. The van der Waals surface area contributed by atoms with E-state index >= 15 is 0 Å². The highest BCUT2D eigenvalue weighted by molar-refractivity contribution is 5.26. The molecule has 84 valence electrons. The number of benzene rings is 1. The van der Waals surface area contributed by atoms with Crippen molar-refractivity contribution in [3.63, 3.8) is 0 Å². The SMILES string of the molecule is COC(C)C(C)NCc1cccc(O)c1. The zero-order valence-corrected chi connectivity index (χ0v) is 9.53. The van der Waals surface area contributed by atoms with Crippen molar-refractivity contribution in [2.45, 2.75) is 32.5 Å². The van der Waals surface area contributed by atoms with Gasteiger partial charge in [-0.05, 0) is 31.5 Å². The van der Waals surface area contributed by atoms with Crippen LogP contribution in [0.4, 0.5) is 0 Å². The van der Waals surface area contributed by atoms with Crippen molar-refractivity contribution in [1.29, 1.82) is 0 Å². The summed E-state index contributed by atoms with van der Waals surface area (Å²) >= 11 is 0. The minimum atomic E-state index is 0.183. The van der Waals surface area contributed by atoms with Crippen LogP contribution in [0.15, 0.2) is 24.3 Å². The third-order valence-corrected chi connectivity index (χ3v) is 2.61. The third kappa shape index (κ3) is 3.90. The van der Waals surface area contributed by atoms with Gasteiger partial charge in [-0.2, -0.15) is 0 Å². The maximum absolute atomic E-state index is 9.28. The lowest BCUT2D eigenvalue weighted by molar-refractivity contribution is 0.0882. The van der Waals surface area contributed by atoms with E-state index < -0.39 is 0 Å². The number of hydrogen-bond acceptors (Lipinski definition) is 3. The summed E-state index contributed by atoms with van der Waals surface area (Å²) < 4.78 is 5.21. The zero-order chi connectivity index (χ0) is 11.3. The zero-order valence-electron chi connectivity index (χ0n) is 9.53. The first-order valence-corrected chi connectivity index (χ1v) is 5.17. The van der Waals surface area contributed by atoms with Gasteiger partial charge in [0.25, 0.3) is 0 Å². The van der Waals surface area contributed by atoms with E-state index in [0.717, 1.165) is 12.1 Å². The molecule has 0 saturated carbocycles. The Bertz CT molecular complexity index is 301. The molecule has 0 aliphatic rings. The number of phenols is 1. The summed E-state index contributed by atoms with van der Waals surface area (Å²) in [6.45, 7) is 4.85. The minimum absolute atomic E-state index is 0.183. The van der Waals surface area contributed by atoms with Crippen LogP contribution in [0.3, 0.4) is 0 Å². The Balaban J connectivity index is 2.43. The van der Waals surface area contributed by atoms with E-state index in [0.29, 0.717) is 5.75 Å². The summed E-state index contributed by atoms with van der Waals surface area (Å²) in [5.41, 5.74) is 1.07. The van der Waals surface area contributed by atoms with Crippen molar-refractivity contribution in [2.75, 3.05) is 7.11 Å². The van der Waals surface area contributed by atoms with Crippen LogP contribution in [0.1, 0.15) is 19.4 Å². The fourth-order valence-electron chi connectivity index (χ4n) is 1.32. The Hall–Kier alpha value is -1.06. The predicted octanol–water partition coefficient (Wildman–Crippen LogP) is 1.91. The molecule has 15 heavy (non-hydrogen) atoms. The molecule has 0 radical (unpaired) electrons. The van der Waals surface area contributed by atoms with Crippen LogP contribution >= 0.6 is 0 Å². The molecule has 0 bridgehead atoms. The maximum Gasteiger partial charge on any atom is 0.115 e. The molecular weight excluding hydrogens is 190 g/mol. The van der Waals surface area contributed by atoms with Crippen molar-refractivity contribution < 1.29 is 9.84 Å². The number of hydrogen-bond donors (Lipinski definition) is 2. The van der Waals surface area contributed by atoms with Crippen LogP contribution < -0.4 is 5.32 Å². The van der Waals surface area contributed by atoms with Gasteiger partial charge in [-0.3, -0.25) is 0 Å². The van der Waals surface area contributed by atoms with E-state index in [-0.39, 0.29) is 12.1 Å². The molecule has 3 nitrogen and oxygen atoms in total. The lowest BCUT2D eigenvalue weighted by Crippen LogP contribution is -2.36. The number of aromatic hydroxyl groups is 1. The normalized spacial score (nSPS) is 14.9. The minimum Gasteiger partial charge on any atom is -0.508 e. The van der Waals surface area contributed by atoms with Gasteiger partial charge in [-0.25, -0.2) is 0 Å². The molecule has 0 aliphatic carbocycles. The number of ether oxygens (including phenoxy) is 1. The van der Waals surface area contributed by atoms with Gasteiger partial charge in [0.2, 0.25) is 0 Å². The van der Waals surface area contributed by atoms with Crippen LogP contribution in [0.25, 0.3) is 0 Å². The van der Waals surface area contributed by atoms with Gasteiger partial charge in [0.1, 0.15) is 5.75 Å². The molecule has 1 aromatic rings. The summed E-state index contributed by atoms with van der Waals surface area (Å²) in [6.07, 6.45) is 0.183. The molecule has 0 amide bonds. The van der Waals surface area contributed by atoms with E-state index in [2.05, 4.69) is 12.2 Å². The van der Waals surface area contributed by atoms with E-state index in [1.165, 1.54) is 0 Å². The molecule has 3 heteroatoms. The average Bonchev–Trinajstić information content (AvgIpc) is 2.25. The average molecular weight is 209 g/mol. The first-order valence-electron chi connectivity index (χ1n) is 5.17. The second kappa shape index (κ2) is 5.73. The Labute approximate surface area is 91.1 Å². The standard InChI is InChI=1S/C12H19NO2/c1-9(10(2)15-3)13-8-11-5-4-6-12(14)7-11/h4-7,9-10,13-14H,8H2,1-3H3. The summed E-state index contributed by atoms with van der Waals surface area (Å²) in [4.78, 5) is 0. The molecule has 2 unspecified atom stereocenters. The molecular formula is C12H19NO2. The summed E-state index contributed by atoms with van der Waals surface area (Å²) in [5.74, 6) is 0.307. The topological polar surface area (TPSA) is 41.5 Å². The summed E-state index contributed by atoms with van der Waals surface area (Å²) in [6, 6.07) is 7.55. The lowest BCUT2D eigenvalue weighted by atomic mass is 10.1. The van der Waals surface area contributed by atoms with Gasteiger partial charge in [0.05, 0.1) is 6.10 Å². The molecule has 0 saturated heterocycles. The van der Waals surface area contributed by atoms with Gasteiger partial charge in [0, 0.05) is 19.7 Å². The van der Waals surface area contributed by atoms with Gasteiger partial charge >= 0.3 is 0 Å². The summed E-state index contributed by atoms with van der Waals surface area (Å²) in [7, 11) is 1.71. The van der Waals surface area contributed by atoms with E-state index in [1.807, 2.05) is 19.1 Å². The Morgan fingerprint density at radius 2 is 2.13 bits per heavy atom. The van der Waals surface area contributed by atoms with Crippen LogP contribution in [0, 0.1) is 0 Å². The quantitative estimate of drug-likeness (QED) is 0.778. The first-order chi connectivity index (χ1) is 7.13. The lowest BCUT2D eigenvalue weighted by Gasteiger charge is -2.19. The maximum atomic E-state index is 9.28. The first kappa shape index (κ1) is 12.0. The number of rotatable bonds is 5. The number of phenolic OH excluding ortho intramolecular Hbond substituents is 1.